The third kappa shape index (κ3) is 5.59. The summed E-state index contributed by atoms with van der Waals surface area (Å²) in [6, 6.07) is 9.74. The van der Waals surface area contributed by atoms with Crippen molar-refractivity contribution >= 4 is 5.91 Å². The number of likely N-dealkylation sites (tertiary alicyclic amines) is 1. The quantitative estimate of drug-likeness (QED) is 0.781. The van der Waals surface area contributed by atoms with Crippen LogP contribution in [0.15, 0.2) is 42.6 Å². The number of benzene rings is 1. The van der Waals surface area contributed by atoms with Crippen LogP contribution in [0, 0.1) is 5.92 Å². The Morgan fingerprint density at radius 1 is 1.21 bits per heavy atom. The molecule has 2 aromatic rings. The van der Waals surface area contributed by atoms with Crippen LogP contribution in [0.5, 0.6) is 11.5 Å². The van der Waals surface area contributed by atoms with Crippen molar-refractivity contribution in [2.45, 2.75) is 19.5 Å². The van der Waals surface area contributed by atoms with E-state index in [0.29, 0.717) is 11.4 Å². The fourth-order valence-corrected chi connectivity index (χ4v) is 2.91. The van der Waals surface area contributed by atoms with Crippen molar-refractivity contribution in [3.63, 3.8) is 0 Å². The molecular formula is C19H20F3N3O3. The van der Waals surface area contributed by atoms with Crippen LogP contribution in [0.4, 0.5) is 13.2 Å². The number of aromatic nitrogens is 1. The van der Waals surface area contributed by atoms with Crippen LogP contribution in [0.25, 0.3) is 0 Å². The third-order valence-electron chi connectivity index (χ3n) is 4.31. The van der Waals surface area contributed by atoms with E-state index >= 15 is 0 Å². The molecule has 1 amide bonds. The van der Waals surface area contributed by atoms with E-state index in [1.165, 1.54) is 12.3 Å². The number of nitrogens with one attached hydrogen (secondary N) is 1. The lowest BCUT2D eigenvalue weighted by Crippen LogP contribution is -2.52. The monoisotopic (exact) mass is 395 g/mol. The van der Waals surface area contributed by atoms with Gasteiger partial charge in [-0.1, -0.05) is 12.1 Å². The molecular weight excluding hydrogens is 375 g/mol. The number of carbonyl (C=O) groups is 1. The van der Waals surface area contributed by atoms with Gasteiger partial charge in [0.05, 0.1) is 11.6 Å². The maximum Gasteiger partial charge on any atom is 0.573 e. The molecule has 2 heterocycles. The van der Waals surface area contributed by atoms with Crippen molar-refractivity contribution in [1.82, 2.24) is 15.2 Å². The third-order valence-corrected chi connectivity index (χ3v) is 4.31. The zero-order chi connectivity index (χ0) is 20.1. The molecule has 6 nitrogen and oxygen atoms in total. The maximum atomic E-state index is 12.3. The van der Waals surface area contributed by atoms with E-state index in [9.17, 15) is 18.0 Å². The molecule has 1 saturated heterocycles. The minimum atomic E-state index is -4.74. The topological polar surface area (TPSA) is 63.7 Å². The summed E-state index contributed by atoms with van der Waals surface area (Å²) in [5.41, 5.74) is 1.41. The first-order valence-corrected chi connectivity index (χ1v) is 8.69. The van der Waals surface area contributed by atoms with Crippen molar-refractivity contribution in [1.29, 1.82) is 0 Å². The van der Waals surface area contributed by atoms with Crippen LogP contribution in [0.2, 0.25) is 0 Å². The van der Waals surface area contributed by atoms with Gasteiger partial charge in [0.15, 0.2) is 0 Å². The van der Waals surface area contributed by atoms with Gasteiger partial charge in [-0.25, -0.2) is 0 Å². The summed E-state index contributed by atoms with van der Waals surface area (Å²) >= 11 is 0. The molecule has 1 N–H and O–H groups in total. The minimum absolute atomic E-state index is 0.0222. The zero-order valence-corrected chi connectivity index (χ0v) is 15.2. The van der Waals surface area contributed by atoms with Crippen LogP contribution in [-0.4, -0.2) is 42.3 Å². The molecule has 0 spiro atoms. The molecule has 150 valence electrons. The highest BCUT2D eigenvalue weighted by Gasteiger charge is 2.32. The van der Waals surface area contributed by atoms with Gasteiger partial charge in [-0.05, 0) is 23.8 Å². The van der Waals surface area contributed by atoms with Gasteiger partial charge >= 0.3 is 6.36 Å². The molecule has 3 rings (SSSR count). The molecule has 0 bridgehead atoms. The molecule has 0 aliphatic carbocycles. The van der Waals surface area contributed by atoms with Gasteiger partial charge in [-0.2, -0.15) is 0 Å². The number of halogens is 3. The number of rotatable bonds is 7. The van der Waals surface area contributed by atoms with Gasteiger partial charge in [-0.3, -0.25) is 14.7 Å². The first-order valence-electron chi connectivity index (χ1n) is 8.69. The highest BCUT2D eigenvalue weighted by atomic mass is 19.4. The Bertz CT molecular complexity index is 806. The Kier molecular flexibility index (Phi) is 6.03. The maximum absolute atomic E-state index is 12.3. The van der Waals surface area contributed by atoms with Crippen LogP contribution in [0.1, 0.15) is 11.3 Å². The second kappa shape index (κ2) is 8.47. The molecule has 1 fully saturated rings. The highest BCUT2D eigenvalue weighted by Crippen LogP contribution is 2.24. The fraction of sp³-hybridized carbons (Fsp3) is 0.368. The molecule has 28 heavy (non-hydrogen) atoms. The predicted octanol–water partition coefficient (Wildman–Crippen LogP) is 2.74. The molecule has 0 radical (unpaired) electrons. The Balaban J connectivity index is 1.47. The van der Waals surface area contributed by atoms with Gasteiger partial charge < -0.3 is 14.8 Å². The first kappa shape index (κ1) is 19.9. The largest absolute Gasteiger partial charge is 0.573 e. The molecule has 1 aliphatic heterocycles. The van der Waals surface area contributed by atoms with Gasteiger partial charge in [0.25, 0.3) is 0 Å². The smallest absolute Gasteiger partial charge is 0.487 e. The van der Waals surface area contributed by atoms with Gasteiger partial charge in [0.2, 0.25) is 5.91 Å². The molecule has 9 heteroatoms. The van der Waals surface area contributed by atoms with Crippen LogP contribution >= 0.6 is 0 Å². The van der Waals surface area contributed by atoms with Crippen molar-refractivity contribution in [3.8, 4) is 11.5 Å². The van der Waals surface area contributed by atoms with Crippen molar-refractivity contribution in [3.05, 3.63) is 53.9 Å². The molecule has 0 saturated carbocycles. The van der Waals surface area contributed by atoms with Gasteiger partial charge in [-0.15, -0.1) is 13.2 Å². The number of hydrogen-bond acceptors (Lipinski definition) is 5. The lowest BCUT2D eigenvalue weighted by Gasteiger charge is -2.38. The summed E-state index contributed by atoms with van der Waals surface area (Å²) in [6.07, 6.45) is -3.51. The number of hydrogen-bond donors (Lipinski definition) is 1. The molecule has 1 aromatic carbocycles. The van der Waals surface area contributed by atoms with E-state index in [2.05, 4.69) is 19.9 Å². The van der Waals surface area contributed by atoms with E-state index in [1.54, 1.807) is 19.2 Å². The number of nitrogens with zero attached hydrogens (tertiary/aromatic N) is 2. The Labute approximate surface area is 160 Å². The van der Waals surface area contributed by atoms with Crippen LogP contribution in [0.3, 0.4) is 0 Å². The molecule has 1 aliphatic rings. The van der Waals surface area contributed by atoms with E-state index < -0.39 is 6.36 Å². The number of amides is 1. The van der Waals surface area contributed by atoms with E-state index in [-0.39, 0.29) is 24.2 Å². The summed E-state index contributed by atoms with van der Waals surface area (Å²) in [5, 5.41) is 2.65. The SMILES string of the molecule is CNC(=O)C1CN(Cc2ccc(OCc3cc(OC(F)(F)F)ccn3)cc2)C1. The highest BCUT2D eigenvalue weighted by molar-refractivity contribution is 5.79. The zero-order valence-electron chi connectivity index (χ0n) is 15.2. The summed E-state index contributed by atoms with van der Waals surface area (Å²) in [4.78, 5) is 17.6. The van der Waals surface area contributed by atoms with Gasteiger partial charge in [0, 0.05) is 38.9 Å². The predicted molar refractivity (Wildman–Crippen MR) is 94.5 cm³/mol. The van der Waals surface area contributed by atoms with Crippen molar-refractivity contribution < 1.29 is 27.4 Å². The van der Waals surface area contributed by atoms with Crippen molar-refractivity contribution in [2.24, 2.45) is 5.92 Å². The summed E-state index contributed by atoms with van der Waals surface area (Å²) in [6.45, 7) is 2.24. The summed E-state index contributed by atoms with van der Waals surface area (Å²) in [5.74, 6) is 0.371. The van der Waals surface area contributed by atoms with E-state index in [0.717, 1.165) is 31.3 Å². The lowest BCUT2D eigenvalue weighted by atomic mass is 9.98. The van der Waals surface area contributed by atoms with E-state index in [4.69, 9.17) is 4.74 Å². The number of pyridine rings is 1. The second-order valence-corrected chi connectivity index (χ2v) is 6.47. The minimum Gasteiger partial charge on any atom is -0.487 e. The molecule has 0 atom stereocenters. The first-order chi connectivity index (χ1) is 13.3. The lowest BCUT2D eigenvalue weighted by molar-refractivity contribution is -0.274. The van der Waals surface area contributed by atoms with Gasteiger partial charge in [0.1, 0.15) is 18.1 Å². The Morgan fingerprint density at radius 3 is 2.57 bits per heavy atom. The number of carbonyl (C=O) groups excluding carboxylic acids is 1. The Hall–Kier alpha value is -2.81. The molecule has 0 unspecified atom stereocenters. The van der Waals surface area contributed by atoms with Crippen LogP contribution in [-0.2, 0) is 17.9 Å². The summed E-state index contributed by atoms with van der Waals surface area (Å²) in [7, 11) is 1.64. The van der Waals surface area contributed by atoms with Crippen LogP contribution < -0.4 is 14.8 Å². The number of ether oxygens (including phenoxy) is 2. The average Bonchev–Trinajstić information content (AvgIpc) is 2.62. The fourth-order valence-electron chi connectivity index (χ4n) is 2.91. The number of alkyl halides is 3. The van der Waals surface area contributed by atoms with E-state index in [1.807, 2.05) is 12.1 Å². The average molecular weight is 395 g/mol. The summed E-state index contributed by atoms with van der Waals surface area (Å²) < 4.78 is 46.2. The molecule has 1 aromatic heterocycles. The normalized spacial score (nSPS) is 15.0. The standard InChI is InChI=1S/C19H20F3N3O3/c1-23-18(26)14-10-25(11-14)9-13-2-4-16(5-3-13)27-12-15-8-17(6-7-24-15)28-19(20,21)22/h2-8,14H,9-12H2,1H3,(H,23,26). The second-order valence-electron chi connectivity index (χ2n) is 6.47. The van der Waals surface area contributed by atoms with Crippen molar-refractivity contribution in [2.75, 3.05) is 20.1 Å². The Morgan fingerprint density at radius 2 is 1.93 bits per heavy atom.